The Kier molecular flexibility index (Phi) is 4.26. The second-order valence-corrected chi connectivity index (χ2v) is 5.32. The largest absolute Gasteiger partial charge is 0.497 e. The van der Waals surface area contributed by atoms with Gasteiger partial charge in [0.25, 0.3) is 0 Å². The highest BCUT2D eigenvalue weighted by Gasteiger charge is 2.07. The van der Waals surface area contributed by atoms with E-state index in [1.165, 1.54) is 26.2 Å². The maximum Gasteiger partial charge on any atom is 0.211 e. The van der Waals surface area contributed by atoms with Crippen LogP contribution in [-0.4, -0.2) is 21.3 Å². The molecule has 1 aromatic rings. The standard InChI is InChI=1S/C10H14FNO3S/c1-3-16(13,14)12-7-8-4-9(11)6-10(5-8)15-2/h4-6,12H,3,7H2,1-2H3. The number of methoxy groups -OCH3 is 1. The third kappa shape index (κ3) is 3.79. The fraction of sp³-hybridized carbons (Fsp3) is 0.400. The minimum absolute atomic E-state index is 0.000545. The van der Waals surface area contributed by atoms with Crippen LogP contribution >= 0.6 is 0 Å². The lowest BCUT2D eigenvalue weighted by atomic mass is 10.2. The van der Waals surface area contributed by atoms with Crippen molar-refractivity contribution < 1.29 is 17.5 Å². The number of rotatable bonds is 5. The van der Waals surface area contributed by atoms with E-state index in [0.717, 1.165) is 0 Å². The topological polar surface area (TPSA) is 55.4 Å². The number of nitrogens with one attached hydrogen (secondary N) is 1. The van der Waals surface area contributed by atoms with Crippen LogP contribution in [0.25, 0.3) is 0 Å². The predicted molar refractivity (Wildman–Crippen MR) is 59.3 cm³/mol. The number of ether oxygens (including phenoxy) is 1. The van der Waals surface area contributed by atoms with Crippen molar-refractivity contribution in [2.45, 2.75) is 13.5 Å². The SMILES string of the molecule is CCS(=O)(=O)NCc1cc(F)cc(OC)c1. The third-order valence-corrected chi connectivity index (χ3v) is 3.39. The van der Waals surface area contributed by atoms with Crippen molar-refractivity contribution in [1.29, 1.82) is 0 Å². The Balaban J connectivity index is 2.78. The maximum absolute atomic E-state index is 13.1. The fourth-order valence-electron chi connectivity index (χ4n) is 1.14. The summed E-state index contributed by atoms with van der Waals surface area (Å²) in [7, 11) is -1.84. The van der Waals surface area contributed by atoms with Gasteiger partial charge in [-0.15, -0.1) is 0 Å². The van der Waals surface area contributed by atoms with Crippen LogP contribution in [0.2, 0.25) is 0 Å². The van der Waals surface area contributed by atoms with E-state index in [1.807, 2.05) is 0 Å². The van der Waals surface area contributed by atoms with Crippen molar-refractivity contribution in [1.82, 2.24) is 4.72 Å². The second-order valence-electron chi connectivity index (χ2n) is 3.22. The summed E-state index contributed by atoms with van der Waals surface area (Å²) in [4.78, 5) is 0. The molecule has 0 spiro atoms. The summed E-state index contributed by atoms with van der Waals surface area (Å²) in [5, 5.41) is 0. The Morgan fingerprint density at radius 2 is 2.06 bits per heavy atom. The van der Waals surface area contributed by atoms with E-state index in [-0.39, 0.29) is 12.3 Å². The highest BCUT2D eigenvalue weighted by Crippen LogP contribution is 2.15. The van der Waals surface area contributed by atoms with Gasteiger partial charge in [-0.1, -0.05) is 0 Å². The first-order valence-electron chi connectivity index (χ1n) is 4.77. The second kappa shape index (κ2) is 5.27. The summed E-state index contributed by atoms with van der Waals surface area (Å²) < 4.78 is 42.6. The molecule has 0 aliphatic rings. The zero-order chi connectivity index (χ0) is 12.2. The van der Waals surface area contributed by atoms with Crippen LogP contribution in [0.1, 0.15) is 12.5 Å². The van der Waals surface area contributed by atoms with Crippen LogP contribution in [0.4, 0.5) is 4.39 Å². The lowest BCUT2D eigenvalue weighted by molar-refractivity contribution is 0.410. The van der Waals surface area contributed by atoms with Crippen molar-refractivity contribution in [2.24, 2.45) is 0 Å². The van der Waals surface area contributed by atoms with Gasteiger partial charge in [0, 0.05) is 12.6 Å². The molecule has 0 radical (unpaired) electrons. The van der Waals surface area contributed by atoms with Crippen LogP contribution in [0.3, 0.4) is 0 Å². The summed E-state index contributed by atoms with van der Waals surface area (Å²) in [6.07, 6.45) is 0. The zero-order valence-corrected chi connectivity index (χ0v) is 9.97. The van der Waals surface area contributed by atoms with Gasteiger partial charge in [-0.3, -0.25) is 0 Å². The van der Waals surface area contributed by atoms with Gasteiger partial charge in [-0.05, 0) is 24.6 Å². The first-order valence-corrected chi connectivity index (χ1v) is 6.43. The molecule has 0 aliphatic carbocycles. The summed E-state index contributed by atoms with van der Waals surface area (Å²) in [5.41, 5.74) is 0.522. The van der Waals surface area contributed by atoms with Crippen molar-refractivity contribution in [3.63, 3.8) is 0 Å². The lowest BCUT2D eigenvalue weighted by Crippen LogP contribution is -2.24. The molecule has 0 amide bonds. The molecule has 1 N–H and O–H groups in total. The van der Waals surface area contributed by atoms with Gasteiger partial charge in [0.2, 0.25) is 10.0 Å². The van der Waals surface area contributed by atoms with Crippen molar-refractivity contribution >= 4 is 10.0 Å². The summed E-state index contributed by atoms with van der Waals surface area (Å²) in [6.45, 7) is 1.60. The van der Waals surface area contributed by atoms with E-state index < -0.39 is 15.8 Å². The first-order chi connectivity index (χ1) is 7.46. The Bertz CT molecular complexity index is 459. The molecule has 4 nitrogen and oxygen atoms in total. The van der Waals surface area contributed by atoms with Crippen molar-refractivity contribution in [3.05, 3.63) is 29.6 Å². The summed E-state index contributed by atoms with van der Waals surface area (Å²) in [6, 6.07) is 4.08. The van der Waals surface area contributed by atoms with E-state index in [0.29, 0.717) is 11.3 Å². The van der Waals surface area contributed by atoms with Gasteiger partial charge in [-0.2, -0.15) is 0 Å². The van der Waals surface area contributed by atoms with Gasteiger partial charge in [0.05, 0.1) is 12.9 Å². The van der Waals surface area contributed by atoms with E-state index in [4.69, 9.17) is 4.74 Å². The molecule has 0 fully saturated rings. The van der Waals surface area contributed by atoms with E-state index in [2.05, 4.69) is 4.72 Å². The van der Waals surface area contributed by atoms with Crippen molar-refractivity contribution in [2.75, 3.05) is 12.9 Å². The van der Waals surface area contributed by atoms with E-state index in [1.54, 1.807) is 6.07 Å². The average Bonchev–Trinajstić information content (AvgIpc) is 2.26. The molecule has 0 aromatic heterocycles. The van der Waals surface area contributed by atoms with E-state index in [9.17, 15) is 12.8 Å². The van der Waals surface area contributed by atoms with Gasteiger partial charge in [0.15, 0.2) is 0 Å². The molecule has 16 heavy (non-hydrogen) atoms. The molecule has 0 aliphatic heterocycles. The molecular formula is C10H14FNO3S. The van der Waals surface area contributed by atoms with Crippen LogP contribution in [0.15, 0.2) is 18.2 Å². The van der Waals surface area contributed by atoms with Crippen molar-refractivity contribution in [3.8, 4) is 5.75 Å². The lowest BCUT2D eigenvalue weighted by Gasteiger charge is -2.06. The zero-order valence-electron chi connectivity index (χ0n) is 9.16. The van der Waals surface area contributed by atoms with Gasteiger partial charge in [0.1, 0.15) is 11.6 Å². The minimum Gasteiger partial charge on any atom is -0.497 e. The minimum atomic E-state index is -3.26. The van der Waals surface area contributed by atoms with Gasteiger partial charge >= 0.3 is 0 Å². The molecule has 0 bridgehead atoms. The molecule has 1 rings (SSSR count). The van der Waals surface area contributed by atoms with Crippen LogP contribution < -0.4 is 9.46 Å². The molecular weight excluding hydrogens is 233 g/mol. The summed E-state index contributed by atoms with van der Waals surface area (Å²) in [5.74, 6) is -0.0878. The quantitative estimate of drug-likeness (QED) is 0.852. The Morgan fingerprint density at radius 1 is 1.38 bits per heavy atom. The molecule has 1 aromatic carbocycles. The highest BCUT2D eigenvalue weighted by atomic mass is 32.2. The molecule has 90 valence electrons. The third-order valence-electron chi connectivity index (χ3n) is 2.04. The van der Waals surface area contributed by atoms with Crippen LogP contribution in [-0.2, 0) is 16.6 Å². The number of benzene rings is 1. The fourth-order valence-corrected chi connectivity index (χ4v) is 1.73. The Labute approximate surface area is 94.5 Å². The molecule has 0 saturated carbocycles. The molecule has 0 heterocycles. The maximum atomic E-state index is 13.1. The number of hydrogen-bond donors (Lipinski definition) is 1. The van der Waals surface area contributed by atoms with Crippen LogP contribution in [0.5, 0.6) is 5.75 Å². The number of halogens is 1. The number of sulfonamides is 1. The normalized spacial score (nSPS) is 11.4. The molecule has 0 saturated heterocycles. The molecule has 6 heteroatoms. The molecule has 0 unspecified atom stereocenters. The number of hydrogen-bond acceptors (Lipinski definition) is 3. The van der Waals surface area contributed by atoms with E-state index >= 15 is 0 Å². The van der Waals surface area contributed by atoms with Crippen LogP contribution in [0, 0.1) is 5.82 Å². The Morgan fingerprint density at radius 3 is 2.62 bits per heavy atom. The summed E-state index contributed by atoms with van der Waals surface area (Å²) >= 11 is 0. The van der Waals surface area contributed by atoms with Gasteiger partial charge < -0.3 is 4.74 Å². The monoisotopic (exact) mass is 247 g/mol. The predicted octanol–water partition coefficient (Wildman–Crippen LogP) is 1.27. The highest BCUT2D eigenvalue weighted by molar-refractivity contribution is 7.89. The Hall–Kier alpha value is -1.14. The molecule has 0 atom stereocenters. The average molecular weight is 247 g/mol. The van der Waals surface area contributed by atoms with Gasteiger partial charge in [-0.25, -0.2) is 17.5 Å². The smallest absolute Gasteiger partial charge is 0.211 e. The first kappa shape index (κ1) is 12.9.